The second kappa shape index (κ2) is 3.67. The van der Waals surface area contributed by atoms with Crippen LogP contribution in [0.3, 0.4) is 0 Å². The Bertz CT molecular complexity index is 577. The molecule has 0 aliphatic carbocycles. The van der Waals surface area contributed by atoms with Crippen LogP contribution in [0.4, 0.5) is 0 Å². The minimum atomic E-state index is -3.63. The number of sulfone groups is 1. The summed E-state index contributed by atoms with van der Waals surface area (Å²) in [6.45, 7) is 1.82. The monoisotopic (exact) mass is 240 g/mol. The van der Waals surface area contributed by atoms with Gasteiger partial charge in [0, 0.05) is 11.8 Å². The standard InChI is InChI=1S/C9H8N2O4S/c1-2-15-9(12)7-4-16(13,14)8-6(7)3-10-5-11-8/h3-5H,2H2,1H3. The maximum Gasteiger partial charge on any atom is 0.339 e. The van der Waals surface area contributed by atoms with Crippen molar-refractivity contribution in [2.45, 2.75) is 11.9 Å². The first-order valence-corrected chi connectivity index (χ1v) is 6.05. The number of hydrogen-bond donors (Lipinski definition) is 0. The molecule has 16 heavy (non-hydrogen) atoms. The molecule has 0 spiro atoms. The predicted molar refractivity (Wildman–Crippen MR) is 53.8 cm³/mol. The number of esters is 1. The molecule has 84 valence electrons. The number of ether oxygens (including phenoxy) is 1. The highest BCUT2D eigenvalue weighted by Crippen LogP contribution is 2.31. The number of nitrogens with zero attached hydrogens (tertiary/aromatic N) is 2. The summed E-state index contributed by atoms with van der Waals surface area (Å²) >= 11 is 0. The fourth-order valence-corrected chi connectivity index (χ4v) is 2.68. The van der Waals surface area contributed by atoms with Crippen molar-refractivity contribution in [1.82, 2.24) is 9.97 Å². The zero-order valence-corrected chi connectivity index (χ0v) is 9.19. The highest BCUT2D eigenvalue weighted by molar-refractivity contribution is 7.94. The number of fused-ring (bicyclic) bond motifs is 1. The van der Waals surface area contributed by atoms with E-state index in [1.54, 1.807) is 6.92 Å². The Kier molecular flexibility index (Phi) is 2.47. The molecule has 0 aromatic carbocycles. The van der Waals surface area contributed by atoms with Crippen LogP contribution < -0.4 is 0 Å². The first-order valence-electron chi connectivity index (χ1n) is 4.50. The number of carbonyl (C=O) groups excluding carboxylic acids is 1. The zero-order valence-electron chi connectivity index (χ0n) is 8.37. The first-order chi connectivity index (χ1) is 7.56. The topological polar surface area (TPSA) is 86.2 Å². The Morgan fingerprint density at radius 2 is 2.25 bits per heavy atom. The van der Waals surface area contributed by atoms with Gasteiger partial charge >= 0.3 is 5.97 Å². The first kappa shape index (κ1) is 10.7. The summed E-state index contributed by atoms with van der Waals surface area (Å²) in [4.78, 5) is 18.8. The zero-order chi connectivity index (χ0) is 11.8. The fraction of sp³-hybridized carbons (Fsp3) is 0.222. The maximum absolute atomic E-state index is 11.6. The van der Waals surface area contributed by atoms with Crippen LogP contribution in [-0.2, 0) is 19.4 Å². The third-order valence-electron chi connectivity index (χ3n) is 2.00. The van der Waals surface area contributed by atoms with Crippen LogP contribution in [0.15, 0.2) is 23.0 Å². The lowest BCUT2D eigenvalue weighted by molar-refractivity contribution is -0.136. The van der Waals surface area contributed by atoms with Crippen molar-refractivity contribution in [2.75, 3.05) is 6.61 Å². The molecule has 0 saturated carbocycles. The van der Waals surface area contributed by atoms with Gasteiger partial charge in [0.05, 0.1) is 17.6 Å². The summed E-state index contributed by atoms with van der Waals surface area (Å²) in [6, 6.07) is 0. The van der Waals surface area contributed by atoms with E-state index in [1.807, 2.05) is 0 Å². The van der Waals surface area contributed by atoms with Crippen molar-refractivity contribution in [1.29, 1.82) is 0 Å². The summed E-state index contributed by atoms with van der Waals surface area (Å²) in [7, 11) is -3.63. The van der Waals surface area contributed by atoms with Gasteiger partial charge in [0.15, 0.2) is 5.03 Å². The fourth-order valence-electron chi connectivity index (χ4n) is 1.37. The lowest BCUT2D eigenvalue weighted by atomic mass is 10.2. The van der Waals surface area contributed by atoms with Gasteiger partial charge in [-0.05, 0) is 6.92 Å². The van der Waals surface area contributed by atoms with Gasteiger partial charge in [-0.3, -0.25) is 0 Å². The Morgan fingerprint density at radius 3 is 2.94 bits per heavy atom. The minimum Gasteiger partial charge on any atom is -0.462 e. The molecule has 2 heterocycles. The molecule has 0 fully saturated rings. The van der Waals surface area contributed by atoms with Gasteiger partial charge < -0.3 is 4.74 Å². The highest BCUT2D eigenvalue weighted by atomic mass is 32.2. The second-order valence-corrected chi connectivity index (χ2v) is 4.75. The number of hydrogen-bond acceptors (Lipinski definition) is 6. The number of carbonyl (C=O) groups is 1. The van der Waals surface area contributed by atoms with Crippen molar-refractivity contribution in [3.63, 3.8) is 0 Å². The SMILES string of the molecule is CCOC(=O)C1=CS(=O)(=O)c2ncncc21. The molecule has 7 heteroatoms. The smallest absolute Gasteiger partial charge is 0.339 e. The Hall–Kier alpha value is -1.76. The van der Waals surface area contributed by atoms with Crippen LogP contribution in [0.2, 0.25) is 0 Å². The van der Waals surface area contributed by atoms with Gasteiger partial charge in [-0.25, -0.2) is 23.2 Å². The molecule has 6 nitrogen and oxygen atoms in total. The lowest BCUT2D eigenvalue weighted by Gasteiger charge is -2.01. The molecular formula is C9H8N2O4S. The van der Waals surface area contributed by atoms with E-state index in [-0.39, 0.29) is 22.8 Å². The van der Waals surface area contributed by atoms with Crippen LogP contribution in [0.1, 0.15) is 12.5 Å². The molecule has 0 saturated heterocycles. The van der Waals surface area contributed by atoms with Crippen molar-refractivity contribution in [3.8, 4) is 0 Å². The van der Waals surface area contributed by atoms with E-state index in [4.69, 9.17) is 4.74 Å². The number of rotatable bonds is 2. The molecule has 2 rings (SSSR count). The summed E-state index contributed by atoms with van der Waals surface area (Å²) in [5, 5.41) is 0.718. The quantitative estimate of drug-likeness (QED) is 0.541. The normalized spacial score (nSPS) is 16.4. The average molecular weight is 240 g/mol. The third-order valence-corrected chi connectivity index (χ3v) is 3.41. The van der Waals surface area contributed by atoms with Gasteiger partial charge in [-0.15, -0.1) is 0 Å². The molecule has 0 amide bonds. The molecule has 0 bridgehead atoms. The molecule has 1 aromatic heterocycles. The van der Waals surface area contributed by atoms with Crippen LogP contribution in [-0.4, -0.2) is 31.0 Å². The van der Waals surface area contributed by atoms with Crippen LogP contribution in [0.25, 0.3) is 5.57 Å². The van der Waals surface area contributed by atoms with Gasteiger partial charge in [0.1, 0.15) is 6.33 Å². The van der Waals surface area contributed by atoms with E-state index in [0.29, 0.717) is 0 Å². The van der Waals surface area contributed by atoms with Crippen molar-refractivity contribution in [2.24, 2.45) is 0 Å². The lowest BCUT2D eigenvalue weighted by Crippen LogP contribution is -2.06. The Labute approximate surface area is 91.9 Å². The maximum atomic E-state index is 11.6. The summed E-state index contributed by atoms with van der Waals surface area (Å²) < 4.78 is 27.9. The summed E-state index contributed by atoms with van der Waals surface area (Å²) in [6.07, 6.45) is 2.41. The second-order valence-electron chi connectivity index (χ2n) is 3.04. The number of aromatic nitrogens is 2. The molecule has 0 unspecified atom stereocenters. The third kappa shape index (κ3) is 1.58. The van der Waals surface area contributed by atoms with Crippen LogP contribution in [0.5, 0.6) is 0 Å². The van der Waals surface area contributed by atoms with E-state index in [2.05, 4.69) is 9.97 Å². The van der Waals surface area contributed by atoms with E-state index < -0.39 is 15.8 Å². The van der Waals surface area contributed by atoms with Gasteiger partial charge in [-0.1, -0.05) is 0 Å². The van der Waals surface area contributed by atoms with Crippen molar-refractivity contribution in [3.05, 3.63) is 23.5 Å². The van der Waals surface area contributed by atoms with Gasteiger partial charge in [0.2, 0.25) is 9.84 Å². The summed E-state index contributed by atoms with van der Waals surface area (Å²) in [5.74, 6) is -0.681. The van der Waals surface area contributed by atoms with Crippen molar-refractivity contribution >= 4 is 21.4 Å². The van der Waals surface area contributed by atoms with Crippen LogP contribution >= 0.6 is 0 Å². The molecule has 0 atom stereocenters. The Morgan fingerprint density at radius 1 is 1.50 bits per heavy atom. The summed E-state index contributed by atoms with van der Waals surface area (Å²) in [5.41, 5.74) is 0.179. The average Bonchev–Trinajstić information content (AvgIpc) is 2.52. The molecule has 1 aromatic rings. The van der Waals surface area contributed by atoms with E-state index in [9.17, 15) is 13.2 Å². The van der Waals surface area contributed by atoms with E-state index >= 15 is 0 Å². The van der Waals surface area contributed by atoms with Crippen LogP contribution in [0, 0.1) is 0 Å². The van der Waals surface area contributed by atoms with Crippen molar-refractivity contribution < 1.29 is 17.9 Å². The van der Waals surface area contributed by atoms with Gasteiger partial charge in [-0.2, -0.15) is 0 Å². The largest absolute Gasteiger partial charge is 0.462 e. The highest BCUT2D eigenvalue weighted by Gasteiger charge is 2.32. The molecule has 0 N–H and O–H groups in total. The molecule has 1 aliphatic rings. The molecular weight excluding hydrogens is 232 g/mol. The van der Waals surface area contributed by atoms with E-state index in [0.717, 1.165) is 11.7 Å². The van der Waals surface area contributed by atoms with E-state index in [1.165, 1.54) is 6.20 Å². The Balaban J connectivity index is 2.55. The molecule has 0 radical (unpaired) electrons. The minimum absolute atomic E-state index is 0.0162. The van der Waals surface area contributed by atoms with Gasteiger partial charge in [0.25, 0.3) is 0 Å². The molecule has 1 aliphatic heterocycles. The predicted octanol–water partition coefficient (Wildman–Crippen LogP) is 0.168.